The van der Waals surface area contributed by atoms with Crippen LogP contribution in [0.15, 0.2) is 0 Å². The van der Waals surface area contributed by atoms with Crippen molar-refractivity contribution in [3.63, 3.8) is 0 Å². The number of rotatable bonds is 4. The summed E-state index contributed by atoms with van der Waals surface area (Å²) in [5.41, 5.74) is 23.5. The molecule has 0 heterocycles. The van der Waals surface area contributed by atoms with Crippen molar-refractivity contribution in [1.29, 1.82) is 10.8 Å². The molecular weight excluding hydrogens is 264 g/mol. The molecule has 0 aromatic heterocycles. The lowest BCUT2D eigenvalue weighted by Gasteiger charge is -2.38. The molecule has 0 radical (unpaired) electrons. The molecule has 0 aromatic rings. The number of hydrogen-bond acceptors (Lipinski definition) is 4. The van der Waals surface area contributed by atoms with Gasteiger partial charge in [-0.15, -0.1) is 0 Å². The van der Waals surface area contributed by atoms with Gasteiger partial charge in [0.25, 0.3) is 0 Å². The van der Waals surface area contributed by atoms with Crippen LogP contribution < -0.4 is 22.9 Å². The van der Waals surface area contributed by atoms with Crippen LogP contribution in [-0.2, 0) is 0 Å². The van der Waals surface area contributed by atoms with Gasteiger partial charge >= 0.3 is 0 Å². The van der Waals surface area contributed by atoms with E-state index in [-0.39, 0.29) is 35.6 Å². The van der Waals surface area contributed by atoms with Gasteiger partial charge in [0.1, 0.15) is 0 Å². The van der Waals surface area contributed by atoms with Crippen molar-refractivity contribution >= 4 is 11.7 Å². The molecule has 120 valence electrons. The molecule has 0 spiro atoms. The SMILES string of the molecule is N=C(N)C1CC(CC2CCC(N)C(C(=N)N)C2)CCC1N. The van der Waals surface area contributed by atoms with Gasteiger partial charge in [0.15, 0.2) is 0 Å². The Hall–Kier alpha value is -1.14. The summed E-state index contributed by atoms with van der Waals surface area (Å²) in [4.78, 5) is 0. The summed E-state index contributed by atoms with van der Waals surface area (Å²) in [7, 11) is 0. The van der Waals surface area contributed by atoms with Gasteiger partial charge in [0, 0.05) is 23.9 Å². The van der Waals surface area contributed by atoms with E-state index in [4.69, 9.17) is 33.8 Å². The third kappa shape index (κ3) is 3.95. The fourth-order valence-corrected chi connectivity index (χ4v) is 4.18. The van der Waals surface area contributed by atoms with Crippen LogP contribution in [0.5, 0.6) is 0 Å². The van der Waals surface area contributed by atoms with Crippen LogP contribution in [-0.4, -0.2) is 23.8 Å². The van der Waals surface area contributed by atoms with E-state index in [1.807, 2.05) is 0 Å². The van der Waals surface area contributed by atoms with E-state index in [0.717, 1.165) is 44.9 Å². The Kier molecular flexibility index (Phi) is 5.22. The van der Waals surface area contributed by atoms with Crippen LogP contribution in [0.4, 0.5) is 0 Å². The molecule has 0 bridgehead atoms. The van der Waals surface area contributed by atoms with Crippen LogP contribution in [0.2, 0.25) is 0 Å². The van der Waals surface area contributed by atoms with Crippen molar-refractivity contribution in [3.05, 3.63) is 0 Å². The standard InChI is InChI=1S/C15H30N6/c16-12-3-1-8(6-10(12)14(18)19)5-9-2-4-13(17)11(7-9)15(20)21/h8-13H,1-7,16-17H2,(H3,18,19)(H3,20,21). The molecule has 0 aliphatic heterocycles. The molecule has 21 heavy (non-hydrogen) atoms. The Bertz CT molecular complexity index is 360. The molecule has 6 nitrogen and oxygen atoms in total. The normalized spacial score (nSPS) is 40.7. The minimum atomic E-state index is 0.0400. The summed E-state index contributed by atoms with van der Waals surface area (Å²) in [6.07, 6.45) is 7.16. The van der Waals surface area contributed by atoms with Crippen molar-refractivity contribution in [2.24, 2.45) is 46.6 Å². The first kappa shape index (κ1) is 16.2. The first-order valence-corrected chi connectivity index (χ1v) is 8.07. The van der Waals surface area contributed by atoms with Crippen LogP contribution in [0, 0.1) is 34.5 Å². The maximum absolute atomic E-state index is 7.68. The first-order valence-electron chi connectivity index (χ1n) is 8.07. The highest BCUT2D eigenvalue weighted by atomic mass is 14.8. The van der Waals surface area contributed by atoms with Gasteiger partial charge in [-0.25, -0.2) is 0 Å². The van der Waals surface area contributed by atoms with Crippen LogP contribution in [0.3, 0.4) is 0 Å². The second-order valence-electron chi connectivity index (χ2n) is 7.05. The number of nitrogens with two attached hydrogens (primary N) is 4. The zero-order valence-corrected chi connectivity index (χ0v) is 12.7. The van der Waals surface area contributed by atoms with Crippen LogP contribution in [0.1, 0.15) is 44.9 Å². The van der Waals surface area contributed by atoms with Crippen molar-refractivity contribution in [1.82, 2.24) is 0 Å². The smallest absolute Gasteiger partial charge is 0.0952 e. The quantitative estimate of drug-likeness (QED) is 0.334. The number of nitrogens with one attached hydrogen (secondary N) is 2. The molecule has 10 N–H and O–H groups in total. The fraction of sp³-hybridized carbons (Fsp3) is 0.867. The Morgan fingerprint density at radius 2 is 1.14 bits per heavy atom. The lowest BCUT2D eigenvalue weighted by molar-refractivity contribution is 0.193. The zero-order chi connectivity index (χ0) is 15.6. The lowest BCUT2D eigenvalue weighted by Crippen LogP contribution is -2.45. The van der Waals surface area contributed by atoms with E-state index in [1.165, 1.54) is 0 Å². The highest BCUT2D eigenvalue weighted by molar-refractivity contribution is 5.80. The molecule has 6 atom stereocenters. The Morgan fingerprint density at radius 1 is 0.762 bits per heavy atom. The van der Waals surface area contributed by atoms with E-state index in [1.54, 1.807) is 0 Å². The molecule has 0 saturated heterocycles. The summed E-state index contributed by atoms with van der Waals surface area (Å²) in [5, 5.41) is 15.4. The van der Waals surface area contributed by atoms with Gasteiger partial charge in [-0.05, 0) is 56.8 Å². The maximum atomic E-state index is 7.68. The van der Waals surface area contributed by atoms with Crippen molar-refractivity contribution in [2.75, 3.05) is 0 Å². The van der Waals surface area contributed by atoms with Gasteiger partial charge in [0.05, 0.1) is 11.7 Å². The molecule has 2 aliphatic carbocycles. The van der Waals surface area contributed by atoms with E-state index in [2.05, 4.69) is 0 Å². The minimum absolute atomic E-state index is 0.0400. The average molecular weight is 294 g/mol. The molecule has 2 fully saturated rings. The van der Waals surface area contributed by atoms with E-state index < -0.39 is 0 Å². The van der Waals surface area contributed by atoms with Crippen molar-refractivity contribution in [2.45, 2.75) is 57.0 Å². The third-order valence-electron chi connectivity index (χ3n) is 5.49. The van der Waals surface area contributed by atoms with Crippen LogP contribution >= 0.6 is 0 Å². The lowest BCUT2D eigenvalue weighted by atomic mass is 9.70. The molecule has 0 amide bonds. The van der Waals surface area contributed by atoms with Crippen LogP contribution in [0.25, 0.3) is 0 Å². The number of hydrogen-bond donors (Lipinski definition) is 6. The fourth-order valence-electron chi connectivity index (χ4n) is 4.18. The topological polar surface area (TPSA) is 152 Å². The van der Waals surface area contributed by atoms with Gasteiger partial charge in [-0.2, -0.15) is 0 Å². The minimum Gasteiger partial charge on any atom is -0.387 e. The summed E-state index contributed by atoms with van der Waals surface area (Å²) in [5.74, 6) is 1.73. The largest absolute Gasteiger partial charge is 0.387 e. The summed E-state index contributed by atoms with van der Waals surface area (Å²) in [6, 6.07) is 0.0898. The molecule has 2 rings (SSSR count). The van der Waals surface area contributed by atoms with Gasteiger partial charge in [-0.3, -0.25) is 10.8 Å². The molecule has 6 heteroatoms. The highest BCUT2D eigenvalue weighted by Gasteiger charge is 2.35. The molecule has 2 saturated carbocycles. The van der Waals surface area contributed by atoms with Crippen molar-refractivity contribution < 1.29 is 0 Å². The first-order chi connectivity index (χ1) is 9.88. The summed E-state index contributed by atoms with van der Waals surface area (Å²) < 4.78 is 0. The third-order valence-corrected chi connectivity index (χ3v) is 5.49. The van der Waals surface area contributed by atoms with Crippen molar-refractivity contribution in [3.8, 4) is 0 Å². The second kappa shape index (κ2) is 6.75. The Balaban J connectivity index is 1.90. The van der Waals surface area contributed by atoms with Gasteiger partial charge < -0.3 is 22.9 Å². The summed E-state index contributed by atoms with van der Waals surface area (Å²) >= 11 is 0. The molecule has 2 aliphatic rings. The van der Waals surface area contributed by atoms with E-state index in [0.29, 0.717) is 11.8 Å². The van der Waals surface area contributed by atoms with E-state index >= 15 is 0 Å². The Morgan fingerprint density at radius 3 is 1.48 bits per heavy atom. The monoisotopic (exact) mass is 294 g/mol. The number of amidine groups is 2. The average Bonchev–Trinajstić information content (AvgIpc) is 2.42. The van der Waals surface area contributed by atoms with E-state index in [9.17, 15) is 0 Å². The highest BCUT2D eigenvalue weighted by Crippen LogP contribution is 2.38. The molecule has 6 unspecified atom stereocenters. The maximum Gasteiger partial charge on any atom is 0.0952 e. The molecule has 0 aromatic carbocycles. The van der Waals surface area contributed by atoms with Gasteiger partial charge in [-0.1, -0.05) is 0 Å². The molecular formula is C15H30N6. The predicted molar refractivity (Wildman–Crippen MR) is 86.1 cm³/mol. The summed E-state index contributed by atoms with van der Waals surface area (Å²) in [6.45, 7) is 0. The predicted octanol–water partition coefficient (Wildman–Crippen LogP) is 0.736. The zero-order valence-electron chi connectivity index (χ0n) is 12.7. The van der Waals surface area contributed by atoms with Gasteiger partial charge in [0.2, 0.25) is 0 Å². The second-order valence-corrected chi connectivity index (χ2v) is 7.05. The Labute approximate surface area is 127 Å².